The van der Waals surface area contributed by atoms with Crippen LogP contribution in [-0.4, -0.2) is 44.6 Å². The fourth-order valence-corrected chi connectivity index (χ4v) is 2.96. The number of carbonyl (C=O) groups is 1. The summed E-state index contributed by atoms with van der Waals surface area (Å²) in [7, 11) is -3.64. The summed E-state index contributed by atoms with van der Waals surface area (Å²) < 4.78 is 23.2. The predicted octanol–water partition coefficient (Wildman–Crippen LogP) is 0.480. The van der Waals surface area contributed by atoms with Crippen LogP contribution in [0.1, 0.15) is 23.2 Å². The van der Waals surface area contributed by atoms with E-state index in [9.17, 15) is 23.3 Å². The van der Waals surface area contributed by atoms with Crippen molar-refractivity contribution in [2.24, 2.45) is 0 Å². The van der Waals surface area contributed by atoms with E-state index in [1.165, 1.54) is 0 Å². The van der Waals surface area contributed by atoms with Crippen molar-refractivity contribution in [1.82, 2.24) is 10.6 Å². The van der Waals surface area contributed by atoms with Crippen LogP contribution in [0.2, 0.25) is 0 Å². The van der Waals surface area contributed by atoms with E-state index >= 15 is 0 Å². The number of benzene rings is 1. The number of amides is 1. The zero-order chi connectivity index (χ0) is 16.3. The minimum absolute atomic E-state index is 0.0346. The third-order valence-electron chi connectivity index (χ3n) is 3.46. The lowest BCUT2D eigenvalue weighted by molar-refractivity contribution is -0.385. The first-order valence-corrected chi connectivity index (χ1v) is 8.67. The molecule has 1 aromatic rings. The van der Waals surface area contributed by atoms with Crippen molar-refractivity contribution in [1.29, 1.82) is 0 Å². The van der Waals surface area contributed by atoms with Gasteiger partial charge < -0.3 is 10.6 Å². The fraction of sp³-hybridized carbons (Fsp3) is 0.462. The van der Waals surface area contributed by atoms with E-state index in [1.807, 2.05) is 0 Å². The number of nitrogens with one attached hydrogen (secondary N) is 2. The van der Waals surface area contributed by atoms with Gasteiger partial charge in [-0.05, 0) is 25.5 Å². The van der Waals surface area contributed by atoms with Gasteiger partial charge in [0.05, 0.1) is 9.82 Å². The van der Waals surface area contributed by atoms with Crippen LogP contribution >= 0.6 is 0 Å². The van der Waals surface area contributed by atoms with E-state index in [2.05, 4.69) is 10.6 Å². The molecular weight excluding hydrogens is 310 g/mol. The Morgan fingerprint density at radius 1 is 1.45 bits per heavy atom. The highest BCUT2D eigenvalue weighted by molar-refractivity contribution is 7.90. The second kappa shape index (κ2) is 6.41. The molecule has 9 heteroatoms. The molecule has 0 aliphatic carbocycles. The maximum Gasteiger partial charge on any atom is 0.271 e. The summed E-state index contributed by atoms with van der Waals surface area (Å²) in [5, 5.41) is 16.8. The van der Waals surface area contributed by atoms with Crippen molar-refractivity contribution in [3.63, 3.8) is 0 Å². The molecule has 1 aromatic carbocycles. The Bertz CT molecular complexity index is 696. The second-order valence-electron chi connectivity index (χ2n) is 5.25. The maximum absolute atomic E-state index is 12.1. The molecule has 0 radical (unpaired) electrons. The topological polar surface area (TPSA) is 118 Å². The van der Waals surface area contributed by atoms with Gasteiger partial charge in [-0.2, -0.15) is 0 Å². The molecule has 1 aliphatic rings. The van der Waals surface area contributed by atoms with Gasteiger partial charge in [-0.25, -0.2) is 8.42 Å². The number of nitro benzene ring substituents is 1. The minimum Gasteiger partial charge on any atom is -0.350 e. The van der Waals surface area contributed by atoms with Crippen molar-refractivity contribution >= 4 is 21.4 Å². The average Bonchev–Trinajstić information content (AvgIpc) is 2.96. The van der Waals surface area contributed by atoms with Gasteiger partial charge in [-0.3, -0.25) is 14.9 Å². The lowest BCUT2D eigenvalue weighted by atomic mass is 10.1. The molecule has 2 N–H and O–H groups in total. The van der Waals surface area contributed by atoms with E-state index in [4.69, 9.17) is 0 Å². The normalized spacial score (nSPS) is 18.1. The van der Waals surface area contributed by atoms with Gasteiger partial charge in [0.25, 0.3) is 11.6 Å². The van der Waals surface area contributed by atoms with Crippen molar-refractivity contribution < 1.29 is 18.1 Å². The molecule has 1 aliphatic heterocycles. The summed E-state index contributed by atoms with van der Waals surface area (Å²) in [6.07, 6.45) is 2.93. The molecule has 1 heterocycles. The van der Waals surface area contributed by atoms with Gasteiger partial charge in [0.1, 0.15) is 0 Å². The molecule has 2 rings (SSSR count). The molecule has 1 saturated heterocycles. The number of carbonyl (C=O) groups excluding carboxylic acids is 1. The first kappa shape index (κ1) is 16.4. The lowest BCUT2D eigenvalue weighted by Gasteiger charge is -2.12. The highest BCUT2D eigenvalue weighted by Crippen LogP contribution is 2.21. The smallest absolute Gasteiger partial charge is 0.271 e. The molecule has 0 spiro atoms. The highest BCUT2D eigenvalue weighted by Gasteiger charge is 2.20. The van der Waals surface area contributed by atoms with E-state index in [0.29, 0.717) is 6.54 Å². The summed E-state index contributed by atoms with van der Waals surface area (Å²) in [4.78, 5) is 22.0. The molecule has 1 unspecified atom stereocenters. The first-order valence-electron chi connectivity index (χ1n) is 6.78. The number of hydrogen-bond donors (Lipinski definition) is 2. The largest absolute Gasteiger partial charge is 0.350 e. The highest BCUT2D eigenvalue weighted by atomic mass is 32.2. The fourth-order valence-electron chi connectivity index (χ4n) is 2.28. The first-order chi connectivity index (χ1) is 10.3. The monoisotopic (exact) mass is 327 g/mol. The predicted molar refractivity (Wildman–Crippen MR) is 79.6 cm³/mol. The van der Waals surface area contributed by atoms with Gasteiger partial charge in [0, 0.05) is 36.5 Å². The number of sulfone groups is 1. The Kier molecular flexibility index (Phi) is 4.77. The van der Waals surface area contributed by atoms with E-state index < -0.39 is 26.4 Å². The van der Waals surface area contributed by atoms with Gasteiger partial charge >= 0.3 is 0 Å². The molecule has 0 saturated carbocycles. The third-order valence-corrected chi connectivity index (χ3v) is 4.56. The Hall–Kier alpha value is -2.00. The standard InChI is InChI=1S/C13H17N3O5S/c1-22(20,21)12-6-9(5-11(7-12)16(18)19)13(17)15-8-10-3-2-4-14-10/h5-7,10,14H,2-4,8H2,1H3,(H,15,17). The van der Waals surface area contributed by atoms with Crippen LogP contribution in [-0.2, 0) is 9.84 Å². The summed E-state index contributed by atoms with van der Waals surface area (Å²) >= 11 is 0. The van der Waals surface area contributed by atoms with E-state index in [1.54, 1.807) is 0 Å². The number of hydrogen-bond acceptors (Lipinski definition) is 6. The summed E-state index contributed by atoms with van der Waals surface area (Å²) in [6.45, 7) is 1.30. The van der Waals surface area contributed by atoms with Crippen molar-refractivity contribution in [2.75, 3.05) is 19.3 Å². The molecule has 1 amide bonds. The number of rotatable bonds is 5. The van der Waals surface area contributed by atoms with Crippen LogP contribution in [0.25, 0.3) is 0 Å². The number of nitrogens with zero attached hydrogens (tertiary/aromatic N) is 1. The molecule has 0 aromatic heterocycles. The van der Waals surface area contributed by atoms with Crippen LogP contribution in [0, 0.1) is 10.1 Å². The molecule has 8 nitrogen and oxygen atoms in total. The molecule has 1 atom stereocenters. The Morgan fingerprint density at radius 3 is 2.73 bits per heavy atom. The van der Waals surface area contributed by atoms with Gasteiger partial charge in [0.15, 0.2) is 9.84 Å². The molecule has 120 valence electrons. The summed E-state index contributed by atoms with van der Waals surface area (Å²) in [6, 6.07) is 3.35. The quantitative estimate of drug-likeness (QED) is 0.600. The molecular formula is C13H17N3O5S. The molecule has 22 heavy (non-hydrogen) atoms. The van der Waals surface area contributed by atoms with Crippen molar-refractivity contribution in [3.8, 4) is 0 Å². The number of non-ortho nitro benzene ring substituents is 1. The van der Waals surface area contributed by atoms with Gasteiger partial charge in [-0.1, -0.05) is 0 Å². The number of nitro groups is 1. The Balaban J connectivity index is 2.22. The summed E-state index contributed by atoms with van der Waals surface area (Å²) in [5.41, 5.74) is -0.459. The van der Waals surface area contributed by atoms with Crippen molar-refractivity contribution in [2.45, 2.75) is 23.8 Å². The summed E-state index contributed by atoms with van der Waals surface area (Å²) in [5.74, 6) is -0.526. The van der Waals surface area contributed by atoms with E-state index in [0.717, 1.165) is 43.8 Å². The Morgan fingerprint density at radius 2 is 2.18 bits per heavy atom. The Labute approximate surface area is 128 Å². The molecule has 0 bridgehead atoms. The zero-order valence-electron chi connectivity index (χ0n) is 12.0. The SMILES string of the molecule is CS(=O)(=O)c1cc(C(=O)NCC2CCCN2)cc([N+](=O)[O-])c1. The lowest BCUT2D eigenvalue weighted by Crippen LogP contribution is -2.37. The van der Waals surface area contributed by atoms with Crippen LogP contribution < -0.4 is 10.6 Å². The van der Waals surface area contributed by atoms with Crippen molar-refractivity contribution in [3.05, 3.63) is 33.9 Å². The van der Waals surface area contributed by atoms with E-state index in [-0.39, 0.29) is 16.5 Å². The van der Waals surface area contributed by atoms with Crippen LogP contribution in [0.5, 0.6) is 0 Å². The molecule has 1 fully saturated rings. The zero-order valence-corrected chi connectivity index (χ0v) is 12.9. The van der Waals surface area contributed by atoms with Crippen LogP contribution in [0.4, 0.5) is 5.69 Å². The average molecular weight is 327 g/mol. The maximum atomic E-state index is 12.1. The second-order valence-corrected chi connectivity index (χ2v) is 7.26. The van der Waals surface area contributed by atoms with Crippen LogP contribution in [0.15, 0.2) is 23.1 Å². The van der Waals surface area contributed by atoms with Gasteiger partial charge in [-0.15, -0.1) is 0 Å². The minimum atomic E-state index is -3.64. The third kappa shape index (κ3) is 4.01. The van der Waals surface area contributed by atoms with Crippen LogP contribution in [0.3, 0.4) is 0 Å². The van der Waals surface area contributed by atoms with Gasteiger partial charge in [0.2, 0.25) is 0 Å².